The van der Waals surface area contributed by atoms with Crippen LogP contribution in [0, 0.1) is 5.92 Å². The van der Waals surface area contributed by atoms with E-state index >= 15 is 0 Å². The lowest BCUT2D eigenvalue weighted by Crippen LogP contribution is -2.53. The van der Waals surface area contributed by atoms with E-state index in [1.807, 2.05) is 4.90 Å². The zero-order chi connectivity index (χ0) is 18.8. The molecular formula is C16H28N4O5. The number of hydrogen-bond acceptors (Lipinski definition) is 6. The predicted molar refractivity (Wildman–Crippen MR) is 90.7 cm³/mol. The third-order valence-electron chi connectivity index (χ3n) is 3.69. The van der Waals surface area contributed by atoms with Crippen LogP contribution in [0.1, 0.15) is 20.8 Å². The fourth-order valence-electron chi connectivity index (χ4n) is 2.28. The maximum atomic E-state index is 12.0. The monoisotopic (exact) mass is 356 g/mol. The molecule has 142 valence electrons. The summed E-state index contributed by atoms with van der Waals surface area (Å²) in [5.74, 6) is -1.44. The number of morpholine rings is 1. The molecule has 0 aromatic heterocycles. The molecule has 0 radical (unpaired) electrons. The molecule has 0 spiro atoms. The maximum absolute atomic E-state index is 12.0. The summed E-state index contributed by atoms with van der Waals surface area (Å²) < 4.78 is 5.21. The van der Waals surface area contributed by atoms with E-state index in [1.165, 1.54) is 6.92 Å². The molecule has 0 aliphatic carbocycles. The molecule has 1 heterocycles. The third kappa shape index (κ3) is 8.59. The van der Waals surface area contributed by atoms with Gasteiger partial charge in [0.2, 0.25) is 17.7 Å². The van der Waals surface area contributed by atoms with Crippen molar-refractivity contribution in [3.63, 3.8) is 0 Å². The lowest BCUT2D eigenvalue weighted by molar-refractivity contribution is -0.131. The fourth-order valence-corrected chi connectivity index (χ4v) is 2.28. The average Bonchev–Trinajstić information content (AvgIpc) is 2.56. The van der Waals surface area contributed by atoms with Crippen molar-refractivity contribution < 1.29 is 23.9 Å². The molecule has 0 saturated carbocycles. The number of amides is 3. The van der Waals surface area contributed by atoms with Crippen LogP contribution in [0.3, 0.4) is 0 Å². The molecule has 3 N–H and O–H groups in total. The zero-order valence-corrected chi connectivity index (χ0v) is 15.1. The molecule has 25 heavy (non-hydrogen) atoms. The van der Waals surface area contributed by atoms with Gasteiger partial charge in [0.05, 0.1) is 32.8 Å². The van der Waals surface area contributed by atoms with Gasteiger partial charge in [0.25, 0.3) is 0 Å². The smallest absolute Gasteiger partial charge is 0.243 e. The van der Waals surface area contributed by atoms with E-state index in [1.54, 1.807) is 13.8 Å². The Balaban J connectivity index is 2.37. The molecule has 9 heteroatoms. The second-order valence-corrected chi connectivity index (χ2v) is 6.37. The van der Waals surface area contributed by atoms with Crippen LogP contribution in [-0.4, -0.2) is 80.4 Å². The van der Waals surface area contributed by atoms with Crippen molar-refractivity contribution >= 4 is 23.5 Å². The second kappa shape index (κ2) is 10.8. The topological polar surface area (TPSA) is 117 Å². The van der Waals surface area contributed by atoms with Gasteiger partial charge in [0.1, 0.15) is 11.8 Å². The van der Waals surface area contributed by atoms with Crippen LogP contribution in [-0.2, 0) is 23.9 Å². The maximum Gasteiger partial charge on any atom is 0.243 e. The van der Waals surface area contributed by atoms with Gasteiger partial charge in [-0.15, -0.1) is 0 Å². The first kappa shape index (κ1) is 21.0. The van der Waals surface area contributed by atoms with Gasteiger partial charge in [0.15, 0.2) is 0 Å². The standard InChI is InChI=1S/C16H28N4O5/c1-11(2)15(16(24)18-8-12(3)21)19-13(22)9-17-14(23)10-20-4-6-25-7-5-20/h11,15H,4-10H2,1-3H3,(H,17,23)(H,18,24)(H,19,22). The van der Waals surface area contributed by atoms with E-state index in [0.717, 1.165) is 0 Å². The molecule has 1 saturated heterocycles. The number of ether oxygens (including phenoxy) is 1. The van der Waals surface area contributed by atoms with Gasteiger partial charge in [-0.2, -0.15) is 0 Å². The van der Waals surface area contributed by atoms with E-state index in [9.17, 15) is 19.2 Å². The van der Waals surface area contributed by atoms with Gasteiger partial charge in [-0.25, -0.2) is 0 Å². The largest absolute Gasteiger partial charge is 0.379 e. The number of hydrogen-bond donors (Lipinski definition) is 3. The zero-order valence-electron chi connectivity index (χ0n) is 15.1. The Hall–Kier alpha value is -2.00. The van der Waals surface area contributed by atoms with Crippen LogP contribution in [0.25, 0.3) is 0 Å². The SMILES string of the molecule is CC(=O)CNC(=O)C(NC(=O)CNC(=O)CN1CCOCC1)C(C)C. The summed E-state index contributed by atoms with van der Waals surface area (Å²) in [7, 11) is 0. The first-order valence-electron chi connectivity index (χ1n) is 8.43. The number of carbonyl (C=O) groups is 4. The van der Waals surface area contributed by atoms with Crippen molar-refractivity contribution in [3.05, 3.63) is 0 Å². The molecular weight excluding hydrogens is 328 g/mol. The molecule has 1 aliphatic rings. The van der Waals surface area contributed by atoms with Crippen LogP contribution in [0.5, 0.6) is 0 Å². The quantitative estimate of drug-likeness (QED) is 0.452. The van der Waals surface area contributed by atoms with Gasteiger partial charge in [0, 0.05) is 13.1 Å². The van der Waals surface area contributed by atoms with Gasteiger partial charge >= 0.3 is 0 Å². The van der Waals surface area contributed by atoms with Crippen LogP contribution < -0.4 is 16.0 Å². The van der Waals surface area contributed by atoms with E-state index in [2.05, 4.69) is 16.0 Å². The summed E-state index contributed by atoms with van der Waals surface area (Å²) in [6.45, 7) is 7.44. The molecule has 1 fully saturated rings. The van der Waals surface area contributed by atoms with Crippen molar-refractivity contribution in [2.45, 2.75) is 26.8 Å². The Morgan fingerprint density at radius 2 is 1.64 bits per heavy atom. The second-order valence-electron chi connectivity index (χ2n) is 6.37. The average molecular weight is 356 g/mol. The summed E-state index contributed by atoms with van der Waals surface area (Å²) in [6, 6.07) is -0.761. The lowest BCUT2D eigenvalue weighted by Gasteiger charge is -2.26. The molecule has 0 aromatic carbocycles. The first-order valence-corrected chi connectivity index (χ1v) is 8.43. The highest BCUT2D eigenvalue weighted by atomic mass is 16.5. The summed E-state index contributed by atoms with van der Waals surface area (Å²) in [6.07, 6.45) is 0. The molecule has 1 atom stereocenters. The Kier molecular flexibility index (Phi) is 9.07. The van der Waals surface area contributed by atoms with Crippen LogP contribution in [0.4, 0.5) is 0 Å². The minimum Gasteiger partial charge on any atom is -0.379 e. The van der Waals surface area contributed by atoms with Crippen LogP contribution >= 0.6 is 0 Å². The third-order valence-corrected chi connectivity index (χ3v) is 3.69. The van der Waals surface area contributed by atoms with E-state index < -0.39 is 17.9 Å². The highest BCUT2D eigenvalue weighted by Gasteiger charge is 2.24. The lowest BCUT2D eigenvalue weighted by atomic mass is 10.0. The normalized spacial score (nSPS) is 16.2. The Morgan fingerprint density at radius 3 is 2.20 bits per heavy atom. The molecule has 1 aliphatic heterocycles. The predicted octanol–water partition coefficient (Wildman–Crippen LogP) is -1.72. The molecule has 0 bridgehead atoms. The number of ketones is 1. The fraction of sp³-hybridized carbons (Fsp3) is 0.750. The van der Waals surface area contributed by atoms with Crippen molar-refractivity contribution in [3.8, 4) is 0 Å². The Bertz CT molecular complexity index is 489. The number of nitrogens with zero attached hydrogens (tertiary/aromatic N) is 1. The Morgan fingerprint density at radius 1 is 1.00 bits per heavy atom. The van der Waals surface area contributed by atoms with E-state index in [-0.39, 0.29) is 37.2 Å². The minimum atomic E-state index is -0.761. The van der Waals surface area contributed by atoms with Crippen molar-refractivity contribution in [2.24, 2.45) is 5.92 Å². The number of rotatable bonds is 9. The van der Waals surface area contributed by atoms with Crippen LogP contribution in [0.2, 0.25) is 0 Å². The van der Waals surface area contributed by atoms with E-state index in [0.29, 0.717) is 26.3 Å². The van der Waals surface area contributed by atoms with Crippen molar-refractivity contribution in [2.75, 3.05) is 45.9 Å². The summed E-state index contributed by atoms with van der Waals surface area (Å²) in [5.41, 5.74) is 0. The van der Waals surface area contributed by atoms with Crippen molar-refractivity contribution in [1.29, 1.82) is 0 Å². The minimum absolute atomic E-state index is 0.0752. The van der Waals surface area contributed by atoms with Gasteiger partial charge < -0.3 is 20.7 Å². The highest BCUT2D eigenvalue weighted by molar-refractivity contribution is 5.92. The van der Waals surface area contributed by atoms with Crippen molar-refractivity contribution in [1.82, 2.24) is 20.9 Å². The highest BCUT2D eigenvalue weighted by Crippen LogP contribution is 2.01. The number of carbonyl (C=O) groups excluding carboxylic acids is 4. The Labute approximate surface area is 147 Å². The number of nitrogens with one attached hydrogen (secondary N) is 3. The first-order chi connectivity index (χ1) is 11.8. The molecule has 9 nitrogen and oxygen atoms in total. The molecule has 0 aromatic rings. The summed E-state index contributed by atoms with van der Waals surface area (Å²) >= 11 is 0. The molecule has 3 amide bonds. The van der Waals surface area contributed by atoms with Gasteiger partial charge in [-0.1, -0.05) is 13.8 Å². The number of Topliss-reactive ketones (excluding diaryl/α,β-unsaturated/α-hetero) is 1. The molecule has 1 unspecified atom stereocenters. The van der Waals surface area contributed by atoms with Gasteiger partial charge in [-0.05, 0) is 12.8 Å². The van der Waals surface area contributed by atoms with Crippen LogP contribution in [0.15, 0.2) is 0 Å². The summed E-state index contributed by atoms with van der Waals surface area (Å²) in [5, 5.41) is 7.61. The summed E-state index contributed by atoms with van der Waals surface area (Å²) in [4.78, 5) is 48.8. The van der Waals surface area contributed by atoms with E-state index in [4.69, 9.17) is 4.74 Å². The van der Waals surface area contributed by atoms with Gasteiger partial charge in [-0.3, -0.25) is 24.1 Å². The molecule has 1 rings (SSSR count).